The first-order valence-corrected chi connectivity index (χ1v) is 8.99. The Morgan fingerprint density at radius 3 is 2.38 bits per heavy atom. The minimum atomic E-state index is 0. The van der Waals surface area contributed by atoms with Crippen LogP contribution in [0.5, 0.6) is 5.75 Å². The largest absolute Gasteiger partial charge is 0.492 e. The van der Waals surface area contributed by atoms with E-state index in [9.17, 15) is 4.79 Å². The van der Waals surface area contributed by atoms with Gasteiger partial charge >= 0.3 is 0 Å². The lowest BCUT2D eigenvalue weighted by Crippen LogP contribution is -2.27. The molecule has 26 heavy (non-hydrogen) atoms. The summed E-state index contributed by atoms with van der Waals surface area (Å²) < 4.78 is 5.81. The molecule has 0 aromatic heterocycles. The number of fused-ring (bicyclic) bond motifs is 1. The average molecular weight is 372 g/mol. The van der Waals surface area contributed by atoms with Gasteiger partial charge in [-0.2, -0.15) is 0 Å². The second kappa shape index (κ2) is 9.56. The number of nitrogens with zero attached hydrogens (tertiary/aromatic N) is 1. The third kappa shape index (κ3) is 4.75. The molecular weight excluding hydrogens is 346 g/mol. The molecule has 1 aliphatic rings. The fraction of sp³-hybridized carbons (Fsp3) is 0.318. The van der Waals surface area contributed by atoms with Crippen LogP contribution < -0.4 is 4.74 Å². The Morgan fingerprint density at radius 2 is 1.73 bits per heavy atom. The summed E-state index contributed by atoms with van der Waals surface area (Å²) in [6.07, 6.45) is 2.71. The van der Waals surface area contributed by atoms with Crippen molar-refractivity contribution in [2.75, 3.05) is 26.2 Å². The Labute approximate surface area is 162 Å². The molecule has 0 unspecified atom stereocenters. The number of likely N-dealkylation sites (N-methyl/N-ethyl adjacent to an activating group) is 1. The van der Waals surface area contributed by atoms with Crippen molar-refractivity contribution >= 4 is 24.3 Å². The Bertz CT molecular complexity index is 764. The summed E-state index contributed by atoms with van der Waals surface area (Å²) in [6.45, 7) is 8.04. The summed E-state index contributed by atoms with van der Waals surface area (Å²) in [6, 6.07) is 15.8. The quantitative estimate of drug-likeness (QED) is 0.663. The topological polar surface area (TPSA) is 29.5 Å². The van der Waals surface area contributed by atoms with E-state index in [1.165, 1.54) is 0 Å². The van der Waals surface area contributed by atoms with Gasteiger partial charge in [-0.15, -0.1) is 12.4 Å². The standard InChI is InChI=1S/C22H25NO2.ClH/c1-3-23(4-2)13-14-25-20-11-9-17(10-12-20)15-19-16-18-7-5-6-8-21(18)22(19)24;/h5-12,15H,3-4,13-14,16H2,1-2H3;1H. The lowest BCUT2D eigenvalue weighted by Gasteiger charge is -2.18. The van der Waals surface area contributed by atoms with Gasteiger partial charge in [-0.25, -0.2) is 0 Å². The van der Waals surface area contributed by atoms with Crippen LogP contribution in [0.4, 0.5) is 0 Å². The summed E-state index contributed by atoms with van der Waals surface area (Å²) in [5.74, 6) is 1.02. The van der Waals surface area contributed by atoms with Gasteiger partial charge in [0.15, 0.2) is 5.78 Å². The summed E-state index contributed by atoms with van der Waals surface area (Å²) in [5, 5.41) is 0. The number of allylic oxidation sites excluding steroid dienone is 1. The number of Topliss-reactive ketones (excluding diaryl/α,β-unsaturated/α-hetero) is 1. The normalized spacial score (nSPS) is 14.4. The summed E-state index contributed by atoms with van der Waals surface area (Å²) >= 11 is 0. The highest BCUT2D eigenvalue weighted by molar-refractivity contribution is 6.15. The van der Waals surface area contributed by atoms with Gasteiger partial charge in [-0.05, 0) is 42.4 Å². The number of carbonyl (C=O) groups is 1. The van der Waals surface area contributed by atoms with Crippen LogP contribution in [0.15, 0.2) is 54.1 Å². The van der Waals surface area contributed by atoms with Crippen molar-refractivity contribution in [3.05, 3.63) is 70.8 Å². The molecule has 4 heteroatoms. The van der Waals surface area contributed by atoms with Crippen molar-refractivity contribution in [2.45, 2.75) is 20.3 Å². The molecule has 0 aliphatic heterocycles. The second-order valence-corrected chi connectivity index (χ2v) is 6.28. The molecular formula is C22H26ClNO2. The molecule has 0 radical (unpaired) electrons. The molecule has 138 valence electrons. The van der Waals surface area contributed by atoms with E-state index in [2.05, 4.69) is 18.7 Å². The van der Waals surface area contributed by atoms with Gasteiger partial charge in [0.05, 0.1) is 0 Å². The first-order valence-electron chi connectivity index (χ1n) is 8.99. The minimum Gasteiger partial charge on any atom is -0.492 e. The maximum Gasteiger partial charge on any atom is 0.189 e. The minimum absolute atomic E-state index is 0. The molecule has 0 spiro atoms. The Kier molecular flexibility index (Phi) is 7.43. The van der Waals surface area contributed by atoms with Crippen LogP contribution in [0.2, 0.25) is 0 Å². The van der Waals surface area contributed by atoms with Crippen LogP contribution in [-0.2, 0) is 6.42 Å². The number of benzene rings is 2. The molecule has 0 heterocycles. The Morgan fingerprint density at radius 1 is 1.04 bits per heavy atom. The number of carbonyl (C=O) groups excluding carboxylic acids is 1. The Hall–Kier alpha value is -2.10. The van der Waals surface area contributed by atoms with E-state index in [0.29, 0.717) is 6.61 Å². The van der Waals surface area contributed by atoms with E-state index < -0.39 is 0 Å². The second-order valence-electron chi connectivity index (χ2n) is 6.28. The number of ether oxygens (including phenoxy) is 1. The van der Waals surface area contributed by atoms with Crippen molar-refractivity contribution in [3.8, 4) is 5.75 Å². The van der Waals surface area contributed by atoms with Crippen molar-refractivity contribution < 1.29 is 9.53 Å². The zero-order valence-corrected chi connectivity index (χ0v) is 16.2. The number of rotatable bonds is 7. The van der Waals surface area contributed by atoms with Gasteiger partial charge in [0.2, 0.25) is 0 Å². The molecule has 3 rings (SSSR count). The number of hydrogen-bond acceptors (Lipinski definition) is 3. The number of hydrogen-bond donors (Lipinski definition) is 0. The van der Waals surface area contributed by atoms with E-state index in [-0.39, 0.29) is 18.2 Å². The van der Waals surface area contributed by atoms with Crippen molar-refractivity contribution in [1.82, 2.24) is 4.90 Å². The highest BCUT2D eigenvalue weighted by atomic mass is 35.5. The van der Waals surface area contributed by atoms with Crippen molar-refractivity contribution in [2.24, 2.45) is 0 Å². The summed E-state index contributed by atoms with van der Waals surface area (Å²) in [5.41, 5.74) is 3.85. The van der Waals surface area contributed by atoms with Gasteiger partial charge < -0.3 is 9.64 Å². The van der Waals surface area contributed by atoms with Crippen LogP contribution in [0.25, 0.3) is 6.08 Å². The van der Waals surface area contributed by atoms with E-state index >= 15 is 0 Å². The lowest BCUT2D eigenvalue weighted by molar-refractivity contribution is 0.104. The van der Waals surface area contributed by atoms with Crippen molar-refractivity contribution in [1.29, 1.82) is 0 Å². The first kappa shape index (κ1) is 20.2. The van der Waals surface area contributed by atoms with Crippen LogP contribution in [-0.4, -0.2) is 36.9 Å². The zero-order valence-electron chi connectivity index (χ0n) is 15.4. The van der Waals surface area contributed by atoms with Crippen molar-refractivity contribution in [3.63, 3.8) is 0 Å². The van der Waals surface area contributed by atoms with Gasteiger partial charge in [0, 0.05) is 24.1 Å². The van der Waals surface area contributed by atoms with Gasteiger partial charge in [0.1, 0.15) is 12.4 Å². The SMILES string of the molecule is CCN(CC)CCOc1ccc(C=C2Cc3ccccc3C2=O)cc1.Cl. The Balaban J connectivity index is 0.00000243. The molecule has 0 atom stereocenters. The molecule has 0 bridgehead atoms. The van der Waals surface area contributed by atoms with Crippen LogP contribution in [0.1, 0.15) is 35.3 Å². The fourth-order valence-electron chi connectivity index (χ4n) is 3.16. The highest BCUT2D eigenvalue weighted by Crippen LogP contribution is 2.27. The number of ketones is 1. The first-order chi connectivity index (χ1) is 12.2. The molecule has 0 N–H and O–H groups in total. The molecule has 3 nitrogen and oxygen atoms in total. The smallest absolute Gasteiger partial charge is 0.189 e. The summed E-state index contributed by atoms with van der Waals surface area (Å²) in [7, 11) is 0. The molecule has 0 amide bonds. The fourth-order valence-corrected chi connectivity index (χ4v) is 3.16. The van der Waals surface area contributed by atoms with E-state index in [4.69, 9.17) is 4.74 Å². The third-order valence-electron chi connectivity index (χ3n) is 4.73. The molecule has 2 aromatic rings. The predicted molar refractivity (Wildman–Crippen MR) is 109 cm³/mol. The van der Waals surface area contributed by atoms with Crippen LogP contribution >= 0.6 is 12.4 Å². The molecule has 0 saturated heterocycles. The summed E-state index contributed by atoms with van der Waals surface area (Å²) in [4.78, 5) is 14.8. The van der Waals surface area contributed by atoms with Gasteiger partial charge in [-0.1, -0.05) is 50.2 Å². The maximum absolute atomic E-state index is 12.4. The lowest BCUT2D eigenvalue weighted by atomic mass is 10.1. The average Bonchev–Trinajstić information content (AvgIpc) is 2.96. The van der Waals surface area contributed by atoms with E-state index in [1.807, 2.05) is 54.6 Å². The van der Waals surface area contributed by atoms with Gasteiger partial charge in [-0.3, -0.25) is 4.79 Å². The van der Waals surface area contributed by atoms with E-state index in [1.54, 1.807) is 0 Å². The number of halogens is 1. The molecule has 0 fully saturated rings. The predicted octanol–water partition coefficient (Wildman–Crippen LogP) is 4.65. The monoisotopic (exact) mass is 371 g/mol. The maximum atomic E-state index is 12.4. The zero-order chi connectivity index (χ0) is 17.6. The molecule has 1 aliphatic carbocycles. The molecule has 0 saturated carbocycles. The van der Waals surface area contributed by atoms with Crippen LogP contribution in [0, 0.1) is 0 Å². The van der Waals surface area contributed by atoms with E-state index in [0.717, 1.165) is 54.1 Å². The van der Waals surface area contributed by atoms with Crippen LogP contribution in [0.3, 0.4) is 0 Å². The van der Waals surface area contributed by atoms with Gasteiger partial charge in [0.25, 0.3) is 0 Å². The highest BCUT2D eigenvalue weighted by Gasteiger charge is 2.23. The molecule has 2 aromatic carbocycles. The third-order valence-corrected chi connectivity index (χ3v) is 4.73.